The number of nitrogens with zero attached hydrogens (tertiary/aromatic N) is 1. The molecule has 4 nitrogen and oxygen atoms in total. The van der Waals surface area contributed by atoms with Gasteiger partial charge in [0.2, 0.25) is 0 Å². The molecule has 66 valence electrons. The summed E-state index contributed by atoms with van der Waals surface area (Å²) < 4.78 is 5.38. The van der Waals surface area contributed by atoms with Gasteiger partial charge in [-0.2, -0.15) is 0 Å². The third-order valence-electron chi connectivity index (χ3n) is 1.04. The van der Waals surface area contributed by atoms with Gasteiger partial charge in [-0.15, -0.1) is 0 Å². The monoisotopic (exact) mass is 159 g/mol. The molecule has 0 aromatic carbocycles. The van der Waals surface area contributed by atoms with Crippen LogP contribution in [0.25, 0.3) is 0 Å². The fraction of sp³-hybridized carbons (Fsp3) is 0.857. The first kappa shape index (κ1) is 10.2. The van der Waals surface area contributed by atoms with Gasteiger partial charge in [0, 0.05) is 0 Å². The van der Waals surface area contributed by atoms with Gasteiger partial charge in [-0.25, -0.2) is 0 Å². The molecule has 0 aliphatic heterocycles. The quantitative estimate of drug-likeness (QED) is 0.450. The van der Waals surface area contributed by atoms with Gasteiger partial charge >= 0.3 is 0 Å². The number of aliphatic imine (C=N–C) groups is 1. The maximum Gasteiger partial charge on any atom is 0.185 e. The number of hydrogen-bond acceptors (Lipinski definition) is 2. The third kappa shape index (κ3) is 7.12. The molecule has 0 fully saturated rings. The van der Waals surface area contributed by atoms with E-state index < -0.39 is 0 Å². The summed E-state index contributed by atoms with van der Waals surface area (Å²) in [5.74, 6) is 0.115. The summed E-state index contributed by atoms with van der Waals surface area (Å²) in [6.45, 7) is 6.42. The second-order valence-corrected chi connectivity index (χ2v) is 2.76. The molecular weight excluding hydrogens is 142 g/mol. The van der Waals surface area contributed by atoms with Gasteiger partial charge in [-0.05, 0) is 20.8 Å². The molecule has 0 saturated heterocycles. The highest BCUT2D eigenvalue weighted by Crippen LogP contribution is 1.96. The zero-order valence-corrected chi connectivity index (χ0v) is 7.37. The van der Waals surface area contributed by atoms with E-state index in [1.54, 1.807) is 0 Å². The SMILES string of the molecule is CC(C)OC(C)CN=C(N)N. The van der Waals surface area contributed by atoms with E-state index in [9.17, 15) is 0 Å². The van der Waals surface area contributed by atoms with Crippen molar-refractivity contribution < 1.29 is 4.74 Å². The van der Waals surface area contributed by atoms with Gasteiger partial charge in [0.05, 0.1) is 18.8 Å². The lowest BCUT2D eigenvalue weighted by molar-refractivity contribution is 0.0246. The minimum absolute atomic E-state index is 0.0806. The fourth-order valence-electron chi connectivity index (χ4n) is 0.742. The van der Waals surface area contributed by atoms with Crippen molar-refractivity contribution in [2.45, 2.75) is 33.0 Å². The van der Waals surface area contributed by atoms with Gasteiger partial charge in [0.1, 0.15) is 0 Å². The summed E-state index contributed by atoms with van der Waals surface area (Å²) >= 11 is 0. The van der Waals surface area contributed by atoms with Crippen molar-refractivity contribution in [1.82, 2.24) is 0 Å². The van der Waals surface area contributed by atoms with Crippen LogP contribution in [0.2, 0.25) is 0 Å². The van der Waals surface area contributed by atoms with E-state index in [0.29, 0.717) is 6.54 Å². The van der Waals surface area contributed by atoms with E-state index in [2.05, 4.69) is 4.99 Å². The molecule has 11 heavy (non-hydrogen) atoms. The maximum absolute atomic E-state index is 5.38. The van der Waals surface area contributed by atoms with Crippen molar-refractivity contribution in [2.24, 2.45) is 16.5 Å². The predicted octanol–water partition coefficient (Wildman–Crippen LogP) is 0.0733. The van der Waals surface area contributed by atoms with Crippen LogP contribution < -0.4 is 11.5 Å². The molecule has 0 heterocycles. The van der Waals surface area contributed by atoms with Crippen LogP contribution >= 0.6 is 0 Å². The number of nitrogens with two attached hydrogens (primary N) is 2. The van der Waals surface area contributed by atoms with Gasteiger partial charge in [0.15, 0.2) is 5.96 Å². The van der Waals surface area contributed by atoms with Crippen LogP contribution in [0.3, 0.4) is 0 Å². The minimum atomic E-state index is 0.0806. The largest absolute Gasteiger partial charge is 0.374 e. The lowest BCUT2D eigenvalue weighted by Crippen LogP contribution is -2.26. The highest BCUT2D eigenvalue weighted by Gasteiger charge is 2.02. The standard InChI is InChI=1S/C7H17N3O/c1-5(2)11-6(3)4-10-7(8)9/h5-6H,4H2,1-3H3,(H4,8,9,10). The van der Waals surface area contributed by atoms with Crippen molar-refractivity contribution >= 4 is 5.96 Å². The van der Waals surface area contributed by atoms with Crippen molar-refractivity contribution in [3.8, 4) is 0 Å². The van der Waals surface area contributed by atoms with Crippen molar-refractivity contribution in [3.63, 3.8) is 0 Å². The molecule has 4 N–H and O–H groups in total. The summed E-state index contributed by atoms with van der Waals surface area (Å²) in [5.41, 5.74) is 10.3. The van der Waals surface area contributed by atoms with Crippen LogP contribution in [0, 0.1) is 0 Å². The molecule has 0 radical (unpaired) electrons. The van der Waals surface area contributed by atoms with Gasteiger partial charge in [-0.3, -0.25) is 4.99 Å². The molecule has 4 heteroatoms. The summed E-state index contributed by atoms with van der Waals surface area (Å²) in [6, 6.07) is 0. The Morgan fingerprint density at radius 3 is 2.27 bits per heavy atom. The smallest absolute Gasteiger partial charge is 0.185 e. The zero-order chi connectivity index (χ0) is 8.85. The number of rotatable bonds is 4. The predicted molar refractivity (Wildman–Crippen MR) is 46.4 cm³/mol. The Morgan fingerprint density at radius 1 is 1.36 bits per heavy atom. The van der Waals surface area contributed by atoms with Crippen LogP contribution in [0.4, 0.5) is 0 Å². The molecule has 0 amide bonds. The first-order valence-corrected chi connectivity index (χ1v) is 3.73. The fourth-order valence-corrected chi connectivity index (χ4v) is 0.742. The van der Waals surface area contributed by atoms with E-state index in [1.165, 1.54) is 0 Å². The van der Waals surface area contributed by atoms with Crippen molar-refractivity contribution in [1.29, 1.82) is 0 Å². The Bertz CT molecular complexity index is 130. The summed E-state index contributed by atoms with van der Waals surface area (Å²) in [6.07, 6.45) is 0.302. The molecule has 0 saturated carbocycles. The van der Waals surface area contributed by atoms with Gasteiger partial charge < -0.3 is 16.2 Å². The normalized spacial score (nSPS) is 13.1. The maximum atomic E-state index is 5.38. The Kier molecular flexibility index (Phi) is 4.61. The third-order valence-corrected chi connectivity index (χ3v) is 1.04. The summed E-state index contributed by atoms with van der Waals surface area (Å²) in [7, 11) is 0. The topological polar surface area (TPSA) is 73.6 Å². The van der Waals surface area contributed by atoms with Crippen LogP contribution in [-0.4, -0.2) is 24.7 Å². The molecule has 0 rings (SSSR count). The zero-order valence-electron chi connectivity index (χ0n) is 7.37. The Labute approximate surface area is 67.6 Å². The van der Waals surface area contributed by atoms with Crippen molar-refractivity contribution in [3.05, 3.63) is 0 Å². The lowest BCUT2D eigenvalue weighted by Gasteiger charge is -2.13. The van der Waals surface area contributed by atoms with Gasteiger partial charge in [0.25, 0.3) is 0 Å². The summed E-state index contributed by atoms with van der Waals surface area (Å²) in [5, 5.41) is 0. The van der Waals surface area contributed by atoms with Crippen LogP contribution in [0.15, 0.2) is 4.99 Å². The molecule has 1 unspecified atom stereocenters. The highest BCUT2D eigenvalue weighted by atomic mass is 16.5. The average molecular weight is 159 g/mol. The Morgan fingerprint density at radius 2 is 1.91 bits per heavy atom. The van der Waals surface area contributed by atoms with E-state index in [0.717, 1.165) is 0 Å². The molecule has 1 atom stereocenters. The highest BCUT2D eigenvalue weighted by molar-refractivity contribution is 5.75. The number of ether oxygens (including phenoxy) is 1. The Hall–Kier alpha value is -0.770. The second kappa shape index (κ2) is 4.96. The van der Waals surface area contributed by atoms with Gasteiger partial charge in [-0.1, -0.05) is 0 Å². The van der Waals surface area contributed by atoms with Crippen LogP contribution in [0.1, 0.15) is 20.8 Å². The summed E-state index contributed by atoms with van der Waals surface area (Å²) in [4.78, 5) is 3.82. The van der Waals surface area contributed by atoms with E-state index >= 15 is 0 Å². The molecule has 0 aromatic rings. The molecule has 0 aliphatic carbocycles. The van der Waals surface area contributed by atoms with Crippen molar-refractivity contribution in [2.75, 3.05) is 6.54 Å². The molecular formula is C7H17N3O. The first-order chi connectivity index (χ1) is 5.02. The van der Waals surface area contributed by atoms with Crippen LogP contribution in [0.5, 0.6) is 0 Å². The Balaban J connectivity index is 3.53. The first-order valence-electron chi connectivity index (χ1n) is 3.73. The molecule has 0 spiro atoms. The van der Waals surface area contributed by atoms with Crippen LogP contribution in [-0.2, 0) is 4.74 Å². The average Bonchev–Trinajstić information content (AvgIpc) is 1.82. The minimum Gasteiger partial charge on any atom is -0.374 e. The number of hydrogen-bond donors (Lipinski definition) is 2. The van der Waals surface area contributed by atoms with E-state index in [1.807, 2.05) is 20.8 Å². The van der Waals surface area contributed by atoms with E-state index in [4.69, 9.17) is 16.2 Å². The van der Waals surface area contributed by atoms with E-state index in [-0.39, 0.29) is 18.2 Å². The number of guanidine groups is 1. The second-order valence-electron chi connectivity index (χ2n) is 2.76. The molecule has 0 aliphatic rings. The lowest BCUT2D eigenvalue weighted by atomic mass is 10.4. The molecule has 0 bridgehead atoms. The molecule has 0 aromatic heterocycles.